The van der Waals surface area contributed by atoms with E-state index in [1.165, 1.54) is 0 Å². The lowest BCUT2D eigenvalue weighted by Crippen LogP contribution is -2.73. The summed E-state index contributed by atoms with van der Waals surface area (Å²) in [6.07, 6.45) is 0. The van der Waals surface area contributed by atoms with E-state index in [9.17, 15) is 26.3 Å². The molecule has 0 rings (SSSR count). The van der Waals surface area contributed by atoms with Crippen LogP contribution in [0.15, 0.2) is 0 Å². The summed E-state index contributed by atoms with van der Waals surface area (Å²) in [5.41, 5.74) is 0. The molecular weight excluding hydrogens is 308 g/mol. The zero-order chi connectivity index (χ0) is 15.2. The van der Waals surface area contributed by atoms with Crippen molar-refractivity contribution in [3.05, 3.63) is 0 Å². The largest absolute Gasteiger partial charge is 0.382 e. The highest BCUT2D eigenvalue weighted by atomic mass is 28.5. The lowest BCUT2D eigenvalue weighted by molar-refractivity contribution is -0.110. The average Bonchev–Trinajstić information content (AvgIpc) is 1.89. The molecule has 0 unspecified atom stereocenters. The molecule has 0 heterocycles. The summed E-state index contributed by atoms with van der Waals surface area (Å²) in [6, 6.07) is 0. The molecule has 10 heteroatoms. The molecule has 0 radical (unpaired) electrons. The molecule has 1 nitrogen and oxygen atoms in total. The van der Waals surface area contributed by atoms with Crippen molar-refractivity contribution in [3.63, 3.8) is 0 Å². The Balaban J connectivity index is 5.84. The van der Waals surface area contributed by atoms with Crippen molar-refractivity contribution in [2.45, 2.75) is 50.9 Å². The molecule has 18 heavy (non-hydrogen) atoms. The molecule has 0 N–H and O–H groups in total. The highest BCUT2D eigenvalue weighted by Gasteiger charge is 2.65. The fourth-order valence-corrected chi connectivity index (χ4v) is 19.2. The zero-order valence-electron chi connectivity index (χ0n) is 11.3. The Labute approximate surface area is 107 Å². The van der Waals surface area contributed by atoms with Crippen molar-refractivity contribution >= 4 is 25.4 Å². The van der Waals surface area contributed by atoms with Crippen LogP contribution in [0.2, 0.25) is 39.3 Å². The first kappa shape index (κ1) is 18.2. The van der Waals surface area contributed by atoms with Crippen molar-refractivity contribution in [3.8, 4) is 0 Å². The number of halogens is 6. The highest BCUT2D eigenvalue weighted by molar-refractivity contribution is 6.99. The van der Waals surface area contributed by atoms with Crippen LogP contribution >= 0.6 is 0 Å². The van der Waals surface area contributed by atoms with Gasteiger partial charge in [0.15, 0.2) is 0 Å². The lowest BCUT2D eigenvalue weighted by atomic mass is 11.5. The fraction of sp³-hybridized carbons (Fsp3) is 1.00. The molecule has 0 bridgehead atoms. The number of hydrogen-bond acceptors (Lipinski definition) is 1. The van der Waals surface area contributed by atoms with E-state index in [-0.39, 0.29) is 0 Å². The molecule has 0 saturated carbocycles. The van der Waals surface area contributed by atoms with Crippen LogP contribution in [-0.4, -0.2) is 40.9 Å². The van der Waals surface area contributed by atoms with Gasteiger partial charge in [-0.3, -0.25) is 0 Å². The molecule has 0 aliphatic carbocycles. The van der Waals surface area contributed by atoms with E-state index < -0.39 is 37.0 Å². The second-order valence-corrected chi connectivity index (χ2v) is 20.0. The van der Waals surface area contributed by atoms with Gasteiger partial charge in [-0.15, -0.1) is 0 Å². The van der Waals surface area contributed by atoms with Gasteiger partial charge in [-0.1, -0.05) is 39.3 Å². The van der Waals surface area contributed by atoms with Gasteiger partial charge in [-0.2, -0.15) is 26.3 Å². The normalized spacial score (nSPS) is 15.7. The number of alkyl halides is 6. The minimum atomic E-state index is -5.15. The van der Waals surface area contributed by atoms with Gasteiger partial charge in [0, 0.05) is 0 Å². The minimum Gasteiger partial charge on any atom is -0.357 e. The summed E-state index contributed by atoms with van der Waals surface area (Å²) >= 11 is 0. The topological polar surface area (TPSA) is 3.24 Å². The monoisotopic (exact) mass is 327 g/mol. The Kier molecular flexibility index (Phi) is 5.00. The summed E-state index contributed by atoms with van der Waals surface area (Å²) in [5.74, 6) is -10.3. The SMILES string of the molecule is C[Si](C)(C)N([SiH](C(F)(F)F)C(F)(F)F)[Si](C)(C)C. The van der Waals surface area contributed by atoms with Gasteiger partial charge in [-0.25, -0.2) is 0 Å². The smallest absolute Gasteiger partial charge is 0.357 e. The van der Waals surface area contributed by atoms with Crippen molar-refractivity contribution < 1.29 is 26.3 Å². The maximum absolute atomic E-state index is 12.9. The number of hydrogen-bond donors (Lipinski definition) is 0. The van der Waals surface area contributed by atoms with Gasteiger partial charge in [-0.05, 0) is 0 Å². The highest BCUT2D eigenvalue weighted by Crippen LogP contribution is 2.38. The van der Waals surface area contributed by atoms with Crippen LogP contribution in [0.4, 0.5) is 26.3 Å². The van der Waals surface area contributed by atoms with E-state index in [0.717, 1.165) is 3.90 Å². The molecule has 0 aliphatic heterocycles. The van der Waals surface area contributed by atoms with Crippen molar-refractivity contribution in [2.24, 2.45) is 0 Å². The van der Waals surface area contributed by atoms with Crippen molar-refractivity contribution in [1.29, 1.82) is 0 Å². The fourth-order valence-electron chi connectivity index (χ4n) is 2.26. The number of rotatable bonds is 3. The lowest BCUT2D eigenvalue weighted by Gasteiger charge is -2.48. The van der Waals surface area contributed by atoms with Gasteiger partial charge in [0.05, 0.1) is 0 Å². The third-order valence-electron chi connectivity index (χ3n) is 2.32. The molecule has 0 atom stereocenters. The van der Waals surface area contributed by atoms with Crippen molar-refractivity contribution in [1.82, 2.24) is 3.90 Å². The van der Waals surface area contributed by atoms with Crippen molar-refractivity contribution in [2.75, 3.05) is 0 Å². The summed E-state index contributed by atoms with van der Waals surface area (Å²) in [7, 11) is -10.4. The Morgan fingerprint density at radius 3 is 0.944 bits per heavy atom. The van der Waals surface area contributed by atoms with Crippen LogP contribution in [0.25, 0.3) is 0 Å². The van der Waals surface area contributed by atoms with Crippen LogP contribution in [0, 0.1) is 0 Å². The average molecular weight is 327 g/mol. The minimum absolute atomic E-state index is 0.875. The molecular formula is C8H19F6NSi3. The van der Waals surface area contributed by atoms with E-state index in [0.29, 0.717) is 0 Å². The van der Waals surface area contributed by atoms with Crippen LogP contribution in [0.3, 0.4) is 0 Å². The maximum atomic E-state index is 12.9. The van der Waals surface area contributed by atoms with E-state index in [1.54, 1.807) is 39.3 Å². The predicted molar refractivity (Wildman–Crippen MR) is 67.8 cm³/mol. The Hall–Kier alpha value is 0.191. The first-order valence-corrected chi connectivity index (χ1v) is 14.0. The molecule has 110 valence electrons. The molecule has 0 aromatic heterocycles. The van der Waals surface area contributed by atoms with Crippen LogP contribution < -0.4 is 0 Å². The van der Waals surface area contributed by atoms with Gasteiger partial charge in [0.1, 0.15) is 16.5 Å². The molecule has 0 spiro atoms. The Morgan fingerprint density at radius 2 is 0.889 bits per heavy atom. The van der Waals surface area contributed by atoms with Gasteiger partial charge in [0.25, 0.3) is 0 Å². The Morgan fingerprint density at radius 1 is 0.667 bits per heavy atom. The first-order chi connectivity index (χ1) is 7.49. The maximum Gasteiger partial charge on any atom is 0.382 e. The van der Waals surface area contributed by atoms with E-state index in [1.807, 2.05) is 0 Å². The first-order valence-electron chi connectivity index (χ1n) is 5.42. The number of nitrogens with zero attached hydrogens (tertiary/aromatic N) is 1. The van der Waals surface area contributed by atoms with E-state index in [2.05, 4.69) is 0 Å². The van der Waals surface area contributed by atoms with Crippen LogP contribution in [-0.2, 0) is 0 Å². The van der Waals surface area contributed by atoms with Crippen LogP contribution in [0.5, 0.6) is 0 Å². The molecule has 0 fully saturated rings. The second-order valence-electron chi connectivity index (χ2n) is 6.20. The molecule has 0 amide bonds. The van der Waals surface area contributed by atoms with E-state index in [4.69, 9.17) is 0 Å². The second kappa shape index (κ2) is 4.94. The van der Waals surface area contributed by atoms with Gasteiger partial charge >= 0.3 is 20.6 Å². The summed E-state index contributed by atoms with van der Waals surface area (Å²) in [4.78, 5) is 0. The van der Waals surface area contributed by atoms with Crippen LogP contribution in [0.1, 0.15) is 0 Å². The summed E-state index contributed by atoms with van der Waals surface area (Å²) in [5, 5.41) is 0. The molecule has 0 aromatic rings. The predicted octanol–water partition coefficient (Wildman–Crippen LogP) is 3.89. The van der Waals surface area contributed by atoms with Gasteiger partial charge < -0.3 is 3.90 Å². The van der Waals surface area contributed by atoms with Gasteiger partial charge in [0.2, 0.25) is 0 Å². The summed E-state index contributed by atoms with van der Waals surface area (Å²) in [6.45, 7) is 9.27. The molecule has 0 aromatic carbocycles. The molecule has 0 saturated heterocycles. The third-order valence-corrected chi connectivity index (χ3v) is 17.2. The molecule has 0 aliphatic rings. The zero-order valence-corrected chi connectivity index (χ0v) is 14.4. The quantitative estimate of drug-likeness (QED) is 0.561. The standard InChI is InChI=1S/C8H19F6NSi3/c1-17(2,3)15(18(4,5)6)16(7(9,10)11)8(12,13)14/h16H,1-6H3. The third kappa shape index (κ3) is 4.70. The Bertz CT molecular complexity index is 229. The summed E-state index contributed by atoms with van der Waals surface area (Å²) < 4.78 is 78.1. The van der Waals surface area contributed by atoms with E-state index >= 15 is 0 Å².